The number of ether oxygens (including phenoxy) is 1. The molecule has 4 fully saturated rings. The van der Waals surface area contributed by atoms with Crippen LogP contribution in [0, 0.1) is 29.6 Å². The Hall–Kier alpha value is -1.02. The monoisotopic (exact) mass is 283 g/mol. The van der Waals surface area contributed by atoms with Crippen LogP contribution in [0.25, 0.3) is 0 Å². The Kier molecular flexibility index (Phi) is 2.67. The predicted octanol–water partition coefficient (Wildman–Crippen LogP) is 3.78. The van der Waals surface area contributed by atoms with Crippen LogP contribution in [-0.2, 0) is 0 Å². The second kappa shape index (κ2) is 4.49. The zero-order valence-corrected chi connectivity index (χ0v) is 12.8. The summed E-state index contributed by atoms with van der Waals surface area (Å²) in [6.45, 7) is 0. The molecule has 112 valence electrons. The molecule has 0 aliphatic heterocycles. The van der Waals surface area contributed by atoms with E-state index < -0.39 is 0 Å². The number of hydrogen-bond acceptors (Lipinski definition) is 2. The van der Waals surface area contributed by atoms with E-state index in [-0.39, 0.29) is 0 Å². The van der Waals surface area contributed by atoms with E-state index in [1.807, 2.05) is 0 Å². The quantitative estimate of drug-likeness (QED) is 0.888. The summed E-state index contributed by atoms with van der Waals surface area (Å²) in [6.07, 6.45) is 7.38. The van der Waals surface area contributed by atoms with Gasteiger partial charge in [-0.2, -0.15) is 0 Å². The molecular formula is C19H25NO. The average molecular weight is 283 g/mol. The maximum Gasteiger partial charge on any atom is 0.118 e. The first-order chi connectivity index (χ1) is 10.3. The number of benzene rings is 1. The maximum atomic E-state index is 5.30. The Labute approximate surface area is 127 Å². The molecule has 0 radical (unpaired) electrons. The highest BCUT2D eigenvalue weighted by Crippen LogP contribution is 2.66. The summed E-state index contributed by atoms with van der Waals surface area (Å²) in [5.74, 6) is 6.03. The fourth-order valence-corrected chi connectivity index (χ4v) is 5.50. The molecule has 2 bridgehead atoms. The molecule has 1 aromatic carbocycles. The molecule has 4 aliphatic rings. The third-order valence-corrected chi connectivity index (χ3v) is 6.68. The van der Waals surface area contributed by atoms with E-state index in [0.717, 1.165) is 41.4 Å². The van der Waals surface area contributed by atoms with Gasteiger partial charge in [0.15, 0.2) is 0 Å². The van der Waals surface area contributed by atoms with Gasteiger partial charge in [0.25, 0.3) is 0 Å². The van der Waals surface area contributed by atoms with Gasteiger partial charge in [0.2, 0.25) is 0 Å². The van der Waals surface area contributed by atoms with Crippen molar-refractivity contribution in [2.24, 2.45) is 29.6 Å². The van der Waals surface area contributed by atoms with Crippen LogP contribution in [-0.4, -0.2) is 13.2 Å². The summed E-state index contributed by atoms with van der Waals surface area (Å²) in [6, 6.07) is 10.2. The van der Waals surface area contributed by atoms with E-state index in [2.05, 4.69) is 29.6 Å². The van der Waals surface area contributed by atoms with Crippen molar-refractivity contribution in [3.05, 3.63) is 29.8 Å². The summed E-state index contributed by atoms with van der Waals surface area (Å²) in [4.78, 5) is 0. The highest BCUT2D eigenvalue weighted by atomic mass is 16.5. The molecule has 2 heteroatoms. The van der Waals surface area contributed by atoms with Gasteiger partial charge < -0.3 is 10.1 Å². The van der Waals surface area contributed by atoms with Crippen molar-refractivity contribution in [1.29, 1.82) is 0 Å². The maximum absolute atomic E-state index is 5.30. The van der Waals surface area contributed by atoms with Crippen molar-refractivity contribution in [3.63, 3.8) is 0 Å². The van der Waals surface area contributed by atoms with E-state index in [1.165, 1.54) is 31.2 Å². The van der Waals surface area contributed by atoms with Gasteiger partial charge in [0.05, 0.1) is 7.11 Å². The van der Waals surface area contributed by atoms with Crippen LogP contribution in [0.1, 0.15) is 43.7 Å². The molecular weight excluding hydrogens is 258 g/mol. The van der Waals surface area contributed by atoms with Crippen LogP contribution in [0.3, 0.4) is 0 Å². The van der Waals surface area contributed by atoms with Gasteiger partial charge in [0.1, 0.15) is 5.75 Å². The molecule has 4 aliphatic carbocycles. The van der Waals surface area contributed by atoms with Crippen LogP contribution in [0.5, 0.6) is 5.75 Å². The Morgan fingerprint density at radius 1 is 1.00 bits per heavy atom. The molecule has 5 unspecified atom stereocenters. The first-order valence-corrected chi connectivity index (χ1v) is 8.75. The van der Waals surface area contributed by atoms with Crippen LogP contribution < -0.4 is 10.1 Å². The van der Waals surface area contributed by atoms with Gasteiger partial charge in [-0.05, 0) is 79.4 Å². The fraction of sp³-hybridized carbons (Fsp3) is 0.684. The number of fused-ring (bicyclic) bond motifs is 5. The van der Waals surface area contributed by atoms with Gasteiger partial charge in [-0.3, -0.25) is 0 Å². The second-order valence-electron chi connectivity index (χ2n) is 7.77. The van der Waals surface area contributed by atoms with Gasteiger partial charge in [-0.1, -0.05) is 12.1 Å². The molecule has 1 N–H and O–H groups in total. The number of rotatable bonds is 5. The van der Waals surface area contributed by atoms with Crippen molar-refractivity contribution in [2.45, 2.75) is 44.2 Å². The number of nitrogens with one attached hydrogen (secondary N) is 1. The van der Waals surface area contributed by atoms with Crippen LogP contribution >= 0.6 is 0 Å². The lowest BCUT2D eigenvalue weighted by molar-refractivity contribution is 0.397. The van der Waals surface area contributed by atoms with E-state index in [1.54, 1.807) is 13.5 Å². The Balaban J connectivity index is 1.33. The molecule has 0 aromatic heterocycles. The summed E-state index contributed by atoms with van der Waals surface area (Å²) in [5.41, 5.74) is 1.47. The molecule has 1 aromatic rings. The van der Waals surface area contributed by atoms with Gasteiger partial charge in [-0.25, -0.2) is 0 Å². The topological polar surface area (TPSA) is 21.3 Å². The Morgan fingerprint density at radius 3 is 2.24 bits per heavy atom. The fourth-order valence-electron chi connectivity index (χ4n) is 5.50. The number of methoxy groups -OCH3 is 1. The Morgan fingerprint density at radius 2 is 1.67 bits per heavy atom. The summed E-state index contributed by atoms with van der Waals surface area (Å²) < 4.78 is 5.30. The minimum atomic E-state index is 0.589. The molecule has 2 nitrogen and oxygen atoms in total. The summed E-state index contributed by atoms with van der Waals surface area (Å²) in [7, 11) is 1.74. The van der Waals surface area contributed by atoms with Crippen molar-refractivity contribution < 1.29 is 4.74 Å². The summed E-state index contributed by atoms with van der Waals surface area (Å²) in [5, 5.41) is 4.07. The van der Waals surface area contributed by atoms with Gasteiger partial charge >= 0.3 is 0 Å². The lowest BCUT2D eigenvalue weighted by atomic mass is 10.00. The largest absolute Gasteiger partial charge is 0.497 e. The zero-order valence-electron chi connectivity index (χ0n) is 12.8. The molecule has 0 saturated heterocycles. The zero-order chi connectivity index (χ0) is 14.0. The van der Waals surface area contributed by atoms with E-state index in [9.17, 15) is 0 Å². The molecule has 5 rings (SSSR count). The first kappa shape index (κ1) is 12.5. The van der Waals surface area contributed by atoms with Crippen molar-refractivity contribution >= 4 is 0 Å². The van der Waals surface area contributed by atoms with Crippen LogP contribution in [0.2, 0.25) is 0 Å². The van der Waals surface area contributed by atoms with Gasteiger partial charge in [0, 0.05) is 12.1 Å². The molecule has 5 atom stereocenters. The van der Waals surface area contributed by atoms with E-state index >= 15 is 0 Å². The predicted molar refractivity (Wildman–Crippen MR) is 83.2 cm³/mol. The molecule has 0 spiro atoms. The van der Waals surface area contributed by atoms with Crippen molar-refractivity contribution in [2.75, 3.05) is 7.11 Å². The molecule has 0 amide bonds. The number of hydrogen-bond donors (Lipinski definition) is 1. The highest BCUT2D eigenvalue weighted by Gasteiger charge is 2.65. The lowest BCUT2D eigenvalue weighted by Crippen LogP contribution is -2.29. The third kappa shape index (κ3) is 1.95. The SMILES string of the molecule is COc1ccc(C(NC2C3C4CCC(C4)C23)C2CC2)cc1. The normalized spacial score (nSPS) is 40.9. The minimum absolute atomic E-state index is 0.589. The second-order valence-corrected chi connectivity index (χ2v) is 7.77. The summed E-state index contributed by atoms with van der Waals surface area (Å²) >= 11 is 0. The van der Waals surface area contributed by atoms with Crippen LogP contribution in [0.15, 0.2) is 24.3 Å². The Bertz CT molecular complexity index is 519. The van der Waals surface area contributed by atoms with E-state index in [0.29, 0.717) is 6.04 Å². The molecule has 21 heavy (non-hydrogen) atoms. The standard InChI is InChI=1S/C19H25NO/c1-21-15-8-6-12(7-9-15)18(11-2-3-11)20-19-16-13-4-5-14(10-13)17(16)19/h6-9,11,13-14,16-20H,2-5,10H2,1H3. The van der Waals surface area contributed by atoms with Crippen molar-refractivity contribution in [1.82, 2.24) is 5.32 Å². The molecule has 4 saturated carbocycles. The molecule has 0 heterocycles. The first-order valence-electron chi connectivity index (χ1n) is 8.75. The smallest absolute Gasteiger partial charge is 0.118 e. The minimum Gasteiger partial charge on any atom is -0.497 e. The lowest BCUT2D eigenvalue weighted by Gasteiger charge is -2.21. The average Bonchev–Trinajstić information content (AvgIpc) is 3.42. The van der Waals surface area contributed by atoms with E-state index in [4.69, 9.17) is 4.74 Å². The van der Waals surface area contributed by atoms with Gasteiger partial charge in [-0.15, -0.1) is 0 Å². The van der Waals surface area contributed by atoms with Crippen LogP contribution in [0.4, 0.5) is 0 Å². The third-order valence-electron chi connectivity index (χ3n) is 6.68. The highest BCUT2D eigenvalue weighted by molar-refractivity contribution is 5.31. The van der Waals surface area contributed by atoms with Crippen molar-refractivity contribution in [3.8, 4) is 5.75 Å².